The molecule has 5 saturated carbocycles. The molecule has 3 heteroatoms. The molecule has 0 radical (unpaired) electrons. The zero-order valence-corrected chi connectivity index (χ0v) is 16.2. The van der Waals surface area contributed by atoms with Crippen molar-refractivity contribution in [3.63, 3.8) is 0 Å². The van der Waals surface area contributed by atoms with Crippen LogP contribution in [-0.2, 0) is 14.3 Å². The van der Waals surface area contributed by atoms with Gasteiger partial charge in [-0.3, -0.25) is 4.79 Å². The minimum Gasteiger partial charge on any atom is -0.451 e. The first-order valence-corrected chi connectivity index (χ1v) is 11.1. The number of allylic oxidation sites excluding steroid dienone is 1. The molecule has 0 saturated heterocycles. The lowest BCUT2D eigenvalue weighted by Crippen LogP contribution is -2.57. The molecule has 0 aromatic carbocycles. The zero-order valence-electron chi connectivity index (χ0n) is 16.2. The third kappa shape index (κ3) is 1.53. The van der Waals surface area contributed by atoms with Crippen molar-refractivity contribution in [2.24, 2.45) is 52.3 Å². The van der Waals surface area contributed by atoms with Crippen LogP contribution in [0.5, 0.6) is 0 Å². The predicted molar refractivity (Wildman–Crippen MR) is 99.4 cm³/mol. The highest BCUT2D eigenvalue weighted by molar-refractivity contribution is 5.92. The summed E-state index contributed by atoms with van der Waals surface area (Å²) in [6.07, 6.45) is 12.6. The number of hydrogen-bond donors (Lipinski definition) is 0. The van der Waals surface area contributed by atoms with Gasteiger partial charge in [-0.1, -0.05) is 19.4 Å². The standard InChI is InChI=1S/C24H28O3/c1-22-6-3-12(25)9-17(22)13-10-14(13)20-16(22)4-7-23(2)21(20)15-11-18(15)24(23)8-5-19(26)27-24/h5,8-9,13-16,18,20-21H,3-4,6-7,10-11H2,1-2H3/t13-,14+,15?,16?,18?,20?,21?,22-,23?,24+/m1/s1. The Kier molecular flexibility index (Phi) is 2.46. The molecule has 0 bridgehead atoms. The number of hydrogen-bond acceptors (Lipinski definition) is 3. The van der Waals surface area contributed by atoms with E-state index in [1.165, 1.54) is 24.8 Å². The molecular weight excluding hydrogens is 336 g/mol. The lowest BCUT2D eigenvalue weighted by Gasteiger charge is -2.59. The van der Waals surface area contributed by atoms with E-state index in [0.29, 0.717) is 23.5 Å². The van der Waals surface area contributed by atoms with Crippen molar-refractivity contribution in [3.8, 4) is 0 Å². The van der Waals surface area contributed by atoms with Gasteiger partial charge in [-0.2, -0.15) is 0 Å². The molecule has 1 heterocycles. The van der Waals surface area contributed by atoms with Crippen molar-refractivity contribution in [1.29, 1.82) is 0 Å². The highest BCUT2D eigenvalue weighted by atomic mass is 16.6. The molecule has 142 valence electrons. The predicted octanol–water partition coefficient (Wildman–Crippen LogP) is 4.08. The summed E-state index contributed by atoms with van der Waals surface area (Å²) in [5.41, 5.74) is 1.55. The minimum atomic E-state index is -0.311. The van der Waals surface area contributed by atoms with E-state index in [2.05, 4.69) is 26.0 Å². The van der Waals surface area contributed by atoms with Gasteiger partial charge in [-0.15, -0.1) is 0 Å². The minimum absolute atomic E-state index is 0.111. The van der Waals surface area contributed by atoms with Crippen LogP contribution in [0.2, 0.25) is 0 Å². The number of carbonyl (C=O) groups is 2. The van der Waals surface area contributed by atoms with Crippen molar-refractivity contribution >= 4 is 11.8 Å². The molecule has 0 aromatic rings. The van der Waals surface area contributed by atoms with Gasteiger partial charge in [0, 0.05) is 23.8 Å². The Labute approximate surface area is 160 Å². The fourth-order valence-corrected chi connectivity index (χ4v) is 9.34. The number of rotatable bonds is 0. The van der Waals surface area contributed by atoms with Crippen LogP contribution in [0.1, 0.15) is 52.4 Å². The number of esters is 1. The van der Waals surface area contributed by atoms with E-state index in [9.17, 15) is 9.59 Å². The first kappa shape index (κ1) is 15.5. The number of carbonyl (C=O) groups excluding carboxylic acids is 2. The molecule has 6 unspecified atom stereocenters. The highest BCUT2D eigenvalue weighted by Crippen LogP contribution is 2.81. The molecule has 27 heavy (non-hydrogen) atoms. The maximum atomic E-state index is 12.1. The van der Waals surface area contributed by atoms with Gasteiger partial charge >= 0.3 is 5.97 Å². The van der Waals surface area contributed by atoms with E-state index in [1.54, 1.807) is 6.08 Å². The Morgan fingerprint density at radius 3 is 2.70 bits per heavy atom. The molecule has 0 N–H and O–H groups in total. The highest BCUT2D eigenvalue weighted by Gasteiger charge is 2.80. The fourth-order valence-electron chi connectivity index (χ4n) is 9.34. The second-order valence-corrected chi connectivity index (χ2v) is 11.2. The number of ketones is 1. The van der Waals surface area contributed by atoms with E-state index >= 15 is 0 Å². The van der Waals surface area contributed by atoms with Crippen LogP contribution in [0.15, 0.2) is 23.8 Å². The van der Waals surface area contributed by atoms with Gasteiger partial charge in [0.2, 0.25) is 0 Å². The maximum Gasteiger partial charge on any atom is 0.331 e. The molecule has 7 rings (SSSR count). The van der Waals surface area contributed by atoms with Crippen molar-refractivity contribution in [3.05, 3.63) is 23.8 Å². The van der Waals surface area contributed by atoms with Gasteiger partial charge in [0.25, 0.3) is 0 Å². The van der Waals surface area contributed by atoms with Crippen LogP contribution >= 0.6 is 0 Å². The summed E-state index contributed by atoms with van der Waals surface area (Å²) in [5, 5.41) is 0. The Bertz CT molecular complexity index is 869. The van der Waals surface area contributed by atoms with Crippen molar-refractivity contribution in [2.75, 3.05) is 0 Å². The lowest BCUT2D eigenvalue weighted by molar-refractivity contribution is -0.170. The van der Waals surface area contributed by atoms with Crippen LogP contribution in [-0.4, -0.2) is 17.4 Å². The second-order valence-electron chi connectivity index (χ2n) is 11.2. The quantitative estimate of drug-likeness (QED) is 0.608. The van der Waals surface area contributed by atoms with E-state index < -0.39 is 0 Å². The third-order valence-corrected chi connectivity index (χ3v) is 10.5. The monoisotopic (exact) mass is 364 g/mol. The summed E-state index contributed by atoms with van der Waals surface area (Å²) in [6.45, 7) is 4.92. The first-order chi connectivity index (χ1) is 12.9. The van der Waals surface area contributed by atoms with Gasteiger partial charge in [0.1, 0.15) is 5.60 Å². The van der Waals surface area contributed by atoms with Crippen molar-refractivity contribution < 1.29 is 14.3 Å². The lowest BCUT2D eigenvalue weighted by atomic mass is 9.45. The average Bonchev–Trinajstić information content (AvgIpc) is 3.53. The topological polar surface area (TPSA) is 43.4 Å². The third-order valence-electron chi connectivity index (χ3n) is 10.5. The summed E-state index contributed by atoms with van der Waals surface area (Å²) >= 11 is 0. The van der Waals surface area contributed by atoms with Crippen LogP contribution in [0, 0.1) is 52.3 Å². The SMILES string of the molecule is CC12CCC3C(C1C1CC1[C@@]21C=CC(=O)O1)[C@H]1C[C@H]1C1=CC(=O)CC[C@@]13C. The molecule has 3 nitrogen and oxygen atoms in total. The molecule has 1 aliphatic heterocycles. The maximum absolute atomic E-state index is 12.1. The average molecular weight is 364 g/mol. The Morgan fingerprint density at radius 1 is 1.07 bits per heavy atom. The zero-order chi connectivity index (χ0) is 18.3. The summed E-state index contributed by atoms with van der Waals surface area (Å²) < 4.78 is 6.10. The molecule has 0 amide bonds. The molecule has 10 atom stereocenters. The molecule has 1 spiro atoms. The van der Waals surface area contributed by atoms with Crippen LogP contribution in [0.25, 0.3) is 0 Å². The van der Waals surface area contributed by atoms with Gasteiger partial charge in [-0.25, -0.2) is 4.79 Å². The smallest absolute Gasteiger partial charge is 0.331 e. The summed E-state index contributed by atoms with van der Waals surface area (Å²) in [4.78, 5) is 24.2. The Morgan fingerprint density at radius 2 is 1.93 bits per heavy atom. The molecule has 7 aliphatic rings. The Balaban J connectivity index is 1.34. The Hall–Kier alpha value is -1.38. The van der Waals surface area contributed by atoms with Gasteiger partial charge < -0.3 is 4.74 Å². The number of ether oxygens (including phenoxy) is 1. The normalized spacial score (nSPS) is 61.4. The summed E-state index contributed by atoms with van der Waals surface area (Å²) in [5.74, 6) is 5.17. The van der Waals surface area contributed by atoms with Crippen molar-refractivity contribution in [2.45, 2.75) is 58.0 Å². The first-order valence-electron chi connectivity index (χ1n) is 11.1. The van der Waals surface area contributed by atoms with Gasteiger partial charge in [0.15, 0.2) is 5.78 Å². The molecule has 5 fully saturated rings. The molecule has 0 aromatic heterocycles. The van der Waals surface area contributed by atoms with E-state index in [0.717, 1.165) is 42.9 Å². The van der Waals surface area contributed by atoms with Crippen molar-refractivity contribution in [1.82, 2.24) is 0 Å². The number of fused-ring (bicyclic) bond motifs is 12. The van der Waals surface area contributed by atoms with Crippen LogP contribution in [0.4, 0.5) is 0 Å². The van der Waals surface area contributed by atoms with Gasteiger partial charge in [0.05, 0.1) is 0 Å². The summed E-state index contributed by atoms with van der Waals surface area (Å²) in [6, 6.07) is 0. The van der Waals surface area contributed by atoms with Gasteiger partial charge in [-0.05, 0) is 85.2 Å². The van der Waals surface area contributed by atoms with E-state index in [1.807, 2.05) is 0 Å². The van der Waals surface area contributed by atoms with Crippen LogP contribution in [0.3, 0.4) is 0 Å². The molecular formula is C24H28O3. The van der Waals surface area contributed by atoms with E-state index in [4.69, 9.17) is 4.74 Å². The largest absolute Gasteiger partial charge is 0.451 e. The molecule has 6 aliphatic carbocycles. The second kappa shape index (κ2) is 4.28. The summed E-state index contributed by atoms with van der Waals surface area (Å²) in [7, 11) is 0. The fraction of sp³-hybridized carbons (Fsp3) is 0.750. The van der Waals surface area contributed by atoms with E-state index in [-0.39, 0.29) is 22.4 Å². The van der Waals surface area contributed by atoms with Crippen LogP contribution < -0.4 is 0 Å².